The lowest BCUT2D eigenvalue weighted by Crippen LogP contribution is -2.37. The molecule has 0 aliphatic carbocycles. The Morgan fingerprint density at radius 2 is 1.85 bits per heavy atom. The Morgan fingerprint density at radius 1 is 1.25 bits per heavy atom. The number of anilines is 2. The van der Waals surface area contributed by atoms with Crippen molar-refractivity contribution in [3.8, 4) is 0 Å². The number of alkyl halides is 3. The summed E-state index contributed by atoms with van der Waals surface area (Å²) in [6, 6.07) is 3.99. The van der Waals surface area contributed by atoms with Crippen LogP contribution < -0.4 is 10.6 Å². The van der Waals surface area contributed by atoms with Gasteiger partial charge < -0.3 is 15.7 Å². The van der Waals surface area contributed by atoms with Crippen molar-refractivity contribution in [2.45, 2.75) is 38.9 Å². The van der Waals surface area contributed by atoms with Crippen LogP contribution in [0.3, 0.4) is 0 Å². The number of halogens is 3. The molecule has 1 aromatic carbocycles. The van der Waals surface area contributed by atoms with Crippen LogP contribution in [0.2, 0.25) is 0 Å². The van der Waals surface area contributed by atoms with Crippen LogP contribution in [-0.2, 0) is 6.18 Å². The molecule has 0 unspecified atom stereocenters. The fourth-order valence-electron chi connectivity index (χ4n) is 2.33. The van der Waals surface area contributed by atoms with Gasteiger partial charge in [-0.25, -0.2) is 0 Å². The molecule has 0 saturated heterocycles. The Kier molecular flexibility index (Phi) is 5.68. The molecule has 6 heteroatoms. The van der Waals surface area contributed by atoms with Gasteiger partial charge in [0.05, 0.1) is 12.2 Å². The van der Waals surface area contributed by atoms with Gasteiger partial charge in [-0.05, 0) is 31.0 Å². The van der Waals surface area contributed by atoms with E-state index in [-0.39, 0.29) is 18.3 Å². The van der Waals surface area contributed by atoms with Gasteiger partial charge in [0.25, 0.3) is 0 Å². The number of aliphatic hydroxyl groups is 1. The summed E-state index contributed by atoms with van der Waals surface area (Å²) < 4.78 is 38.7. The van der Waals surface area contributed by atoms with E-state index in [1.54, 1.807) is 11.0 Å². The Hall–Kier alpha value is -1.43. The highest BCUT2D eigenvalue weighted by atomic mass is 19.4. The van der Waals surface area contributed by atoms with Gasteiger partial charge in [0.2, 0.25) is 0 Å². The van der Waals surface area contributed by atoms with E-state index in [1.165, 1.54) is 6.07 Å². The van der Waals surface area contributed by atoms with Crippen molar-refractivity contribution in [2.24, 2.45) is 0 Å². The zero-order chi connectivity index (χ0) is 15.3. The number of benzene rings is 1. The van der Waals surface area contributed by atoms with Gasteiger partial charge in [-0.1, -0.05) is 13.8 Å². The van der Waals surface area contributed by atoms with Crippen LogP contribution in [0, 0.1) is 0 Å². The van der Waals surface area contributed by atoms with Crippen LogP contribution in [0.1, 0.15) is 32.3 Å². The lowest BCUT2D eigenvalue weighted by molar-refractivity contribution is -0.136. The summed E-state index contributed by atoms with van der Waals surface area (Å²) in [5.74, 6) is 0. The Labute approximate surface area is 117 Å². The van der Waals surface area contributed by atoms with E-state index in [9.17, 15) is 13.2 Å². The number of hydrogen-bond donors (Lipinski definition) is 2. The molecule has 0 bridgehead atoms. The second-order valence-corrected chi connectivity index (χ2v) is 4.66. The second kappa shape index (κ2) is 6.83. The highest BCUT2D eigenvalue weighted by molar-refractivity contribution is 5.60. The van der Waals surface area contributed by atoms with Gasteiger partial charge in [0.1, 0.15) is 0 Å². The molecule has 3 N–H and O–H groups in total. The summed E-state index contributed by atoms with van der Waals surface area (Å²) in [7, 11) is 0. The maximum absolute atomic E-state index is 12.9. The average molecular weight is 290 g/mol. The maximum atomic E-state index is 12.9. The first-order valence-electron chi connectivity index (χ1n) is 6.69. The summed E-state index contributed by atoms with van der Waals surface area (Å²) in [4.78, 5) is 1.80. The van der Waals surface area contributed by atoms with Crippen molar-refractivity contribution < 1.29 is 18.3 Å². The van der Waals surface area contributed by atoms with Crippen LogP contribution in [-0.4, -0.2) is 24.3 Å². The highest BCUT2D eigenvalue weighted by Gasteiger charge is 2.33. The minimum atomic E-state index is -4.47. The van der Waals surface area contributed by atoms with Gasteiger partial charge in [-0.15, -0.1) is 0 Å². The third-order valence-electron chi connectivity index (χ3n) is 3.40. The molecule has 0 radical (unpaired) electrons. The van der Waals surface area contributed by atoms with E-state index in [4.69, 9.17) is 10.8 Å². The summed E-state index contributed by atoms with van der Waals surface area (Å²) in [6.45, 7) is 4.14. The third-order valence-corrected chi connectivity index (χ3v) is 3.40. The molecule has 0 spiro atoms. The van der Waals surface area contributed by atoms with Crippen LogP contribution in [0.4, 0.5) is 24.5 Å². The standard InChI is InChI=1S/C14H21F3N2O/c1-3-10(4-2)19(7-8-20)11-5-6-13(18)12(9-11)14(15,16)17/h5-6,9-10,20H,3-4,7-8,18H2,1-2H3. The largest absolute Gasteiger partial charge is 0.418 e. The van der Waals surface area contributed by atoms with Gasteiger partial charge in [-0.2, -0.15) is 13.2 Å². The Morgan fingerprint density at radius 3 is 2.30 bits per heavy atom. The van der Waals surface area contributed by atoms with Crippen molar-refractivity contribution in [1.82, 2.24) is 0 Å². The number of rotatable bonds is 6. The lowest BCUT2D eigenvalue weighted by atomic mass is 10.1. The first-order chi connectivity index (χ1) is 9.35. The molecular formula is C14H21F3N2O. The lowest BCUT2D eigenvalue weighted by Gasteiger charge is -2.32. The van der Waals surface area contributed by atoms with Gasteiger partial charge >= 0.3 is 6.18 Å². The molecule has 3 nitrogen and oxygen atoms in total. The summed E-state index contributed by atoms with van der Waals surface area (Å²) in [5.41, 5.74) is 4.73. The predicted octanol–water partition coefficient (Wildman–Crippen LogP) is 3.27. The van der Waals surface area contributed by atoms with Crippen molar-refractivity contribution in [3.05, 3.63) is 23.8 Å². The number of nitrogens with two attached hydrogens (primary N) is 1. The van der Waals surface area contributed by atoms with Crippen LogP contribution in [0.15, 0.2) is 18.2 Å². The van der Waals surface area contributed by atoms with Crippen LogP contribution in [0.5, 0.6) is 0 Å². The van der Waals surface area contributed by atoms with E-state index in [1.807, 2.05) is 13.8 Å². The number of hydrogen-bond acceptors (Lipinski definition) is 3. The third kappa shape index (κ3) is 3.79. The van der Waals surface area contributed by atoms with E-state index in [2.05, 4.69) is 0 Å². The molecule has 0 aliphatic rings. The Balaban J connectivity index is 3.21. The fourth-order valence-corrected chi connectivity index (χ4v) is 2.33. The van der Waals surface area contributed by atoms with E-state index in [0.717, 1.165) is 18.9 Å². The van der Waals surface area contributed by atoms with Crippen LogP contribution in [0.25, 0.3) is 0 Å². The molecule has 0 atom stereocenters. The zero-order valence-corrected chi connectivity index (χ0v) is 11.7. The Bertz CT molecular complexity index is 431. The summed E-state index contributed by atoms with van der Waals surface area (Å²) in [5, 5.41) is 9.13. The molecule has 114 valence electrons. The van der Waals surface area contributed by atoms with E-state index in [0.29, 0.717) is 12.2 Å². The normalized spacial score (nSPS) is 11.9. The maximum Gasteiger partial charge on any atom is 0.418 e. The molecule has 0 aromatic heterocycles. The number of aliphatic hydroxyl groups excluding tert-OH is 1. The molecular weight excluding hydrogens is 269 g/mol. The van der Waals surface area contributed by atoms with Gasteiger partial charge in [0.15, 0.2) is 0 Å². The van der Waals surface area contributed by atoms with Crippen molar-refractivity contribution in [2.75, 3.05) is 23.8 Å². The highest BCUT2D eigenvalue weighted by Crippen LogP contribution is 2.36. The SMILES string of the molecule is CCC(CC)N(CCO)c1ccc(N)c(C(F)(F)F)c1. The molecule has 0 aliphatic heterocycles. The molecule has 0 fully saturated rings. The van der Waals surface area contributed by atoms with E-state index < -0.39 is 11.7 Å². The molecule has 20 heavy (non-hydrogen) atoms. The molecule has 0 saturated carbocycles. The number of nitrogens with zero attached hydrogens (tertiary/aromatic N) is 1. The minimum Gasteiger partial charge on any atom is -0.398 e. The first-order valence-corrected chi connectivity index (χ1v) is 6.69. The molecule has 1 aromatic rings. The van der Waals surface area contributed by atoms with Crippen molar-refractivity contribution >= 4 is 11.4 Å². The summed E-state index contributed by atoms with van der Waals surface area (Å²) in [6.07, 6.45) is -2.89. The average Bonchev–Trinajstić information content (AvgIpc) is 2.38. The molecule has 1 rings (SSSR count). The monoisotopic (exact) mass is 290 g/mol. The molecule has 0 amide bonds. The van der Waals surface area contributed by atoms with E-state index >= 15 is 0 Å². The first kappa shape index (κ1) is 16.6. The molecule has 0 heterocycles. The minimum absolute atomic E-state index is 0.0897. The fraction of sp³-hybridized carbons (Fsp3) is 0.571. The second-order valence-electron chi connectivity index (χ2n) is 4.66. The summed E-state index contributed by atoms with van der Waals surface area (Å²) >= 11 is 0. The topological polar surface area (TPSA) is 49.5 Å². The van der Waals surface area contributed by atoms with Crippen molar-refractivity contribution in [1.29, 1.82) is 0 Å². The zero-order valence-electron chi connectivity index (χ0n) is 11.7. The number of nitrogen functional groups attached to an aromatic ring is 1. The smallest absolute Gasteiger partial charge is 0.398 e. The quantitative estimate of drug-likeness (QED) is 0.791. The predicted molar refractivity (Wildman–Crippen MR) is 74.7 cm³/mol. The van der Waals surface area contributed by atoms with Crippen LogP contribution >= 0.6 is 0 Å². The van der Waals surface area contributed by atoms with Gasteiger partial charge in [0, 0.05) is 24.0 Å². The van der Waals surface area contributed by atoms with Gasteiger partial charge in [-0.3, -0.25) is 0 Å². The van der Waals surface area contributed by atoms with Crippen molar-refractivity contribution in [3.63, 3.8) is 0 Å².